The van der Waals surface area contributed by atoms with E-state index >= 15 is 0 Å². The second kappa shape index (κ2) is 12.1. The van der Waals surface area contributed by atoms with E-state index < -0.39 is 5.97 Å². The Labute approximate surface area is 194 Å². The zero-order chi connectivity index (χ0) is 23.6. The molecule has 0 spiro atoms. The summed E-state index contributed by atoms with van der Waals surface area (Å²) in [5.41, 5.74) is 5.20. The van der Waals surface area contributed by atoms with Crippen molar-refractivity contribution < 1.29 is 24.1 Å². The summed E-state index contributed by atoms with van der Waals surface area (Å²) < 4.78 is 20.1. The molecular formula is C28H29FO4. The number of aliphatic hydroxyl groups is 2. The van der Waals surface area contributed by atoms with E-state index in [0.717, 1.165) is 41.5 Å². The fourth-order valence-corrected chi connectivity index (χ4v) is 3.50. The van der Waals surface area contributed by atoms with Crippen LogP contribution in [0, 0.1) is 5.82 Å². The molecule has 3 aromatic carbocycles. The summed E-state index contributed by atoms with van der Waals surface area (Å²) in [4.78, 5) is 11.8. The molecule has 0 aromatic heterocycles. The summed E-state index contributed by atoms with van der Waals surface area (Å²) in [6.45, 7) is 3.73. The highest BCUT2D eigenvalue weighted by Crippen LogP contribution is 2.28. The maximum Gasteiger partial charge on any atom is 0.333 e. The molecule has 33 heavy (non-hydrogen) atoms. The predicted octanol–water partition coefficient (Wildman–Crippen LogP) is 5.46. The first-order valence-corrected chi connectivity index (χ1v) is 11.1. The maximum absolute atomic E-state index is 14.9. The zero-order valence-electron chi connectivity index (χ0n) is 18.6. The number of rotatable bonds is 11. The van der Waals surface area contributed by atoms with Crippen LogP contribution in [-0.2, 0) is 22.6 Å². The van der Waals surface area contributed by atoms with Gasteiger partial charge < -0.3 is 14.9 Å². The van der Waals surface area contributed by atoms with Crippen molar-refractivity contribution in [2.75, 3.05) is 13.2 Å². The van der Waals surface area contributed by atoms with E-state index in [4.69, 9.17) is 14.9 Å². The van der Waals surface area contributed by atoms with Gasteiger partial charge in [-0.3, -0.25) is 0 Å². The number of aliphatic hydroxyl groups excluding tert-OH is 2. The average molecular weight is 449 g/mol. The van der Waals surface area contributed by atoms with E-state index in [2.05, 4.69) is 6.58 Å². The highest BCUT2D eigenvalue weighted by Gasteiger charge is 2.10. The second-order valence-electron chi connectivity index (χ2n) is 7.92. The van der Waals surface area contributed by atoms with Gasteiger partial charge in [-0.1, -0.05) is 67.2 Å². The van der Waals surface area contributed by atoms with Crippen LogP contribution < -0.4 is 0 Å². The maximum atomic E-state index is 14.9. The van der Waals surface area contributed by atoms with Gasteiger partial charge >= 0.3 is 5.97 Å². The first-order valence-electron chi connectivity index (χ1n) is 11.1. The van der Waals surface area contributed by atoms with Crippen LogP contribution in [0.15, 0.2) is 78.9 Å². The molecular weight excluding hydrogens is 419 g/mol. The highest BCUT2D eigenvalue weighted by molar-refractivity contribution is 5.87. The number of carbonyl (C=O) groups excluding carboxylic acids is 1. The first kappa shape index (κ1) is 24.4. The number of hydrogen-bond acceptors (Lipinski definition) is 4. The molecule has 0 radical (unpaired) electrons. The minimum absolute atomic E-state index is 0.0843. The third-order valence-corrected chi connectivity index (χ3v) is 5.47. The molecule has 0 atom stereocenters. The average Bonchev–Trinajstić information content (AvgIpc) is 2.83. The molecule has 0 heterocycles. The third-order valence-electron chi connectivity index (χ3n) is 5.47. The Morgan fingerprint density at radius 1 is 0.818 bits per heavy atom. The number of ether oxygens (including phenoxy) is 1. The van der Waals surface area contributed by atoms with Crippen LogP contribution >= 0.6 is 0 Å². The number of halogens is 1. The highest BCUT2D eigenvalue weighted by atomic mass is 19.1. The van der Waals surface area contributed by atoms with Crippen LogP contribution in [-0.4, -0.2) is 29.4 Å². The van der Waals surface area contributed by atoms with Crippen molar-refractivity contribution in [3.63, 3.8) is 0 Å². The Hall–Kier alpha value is -3.28. The molecule has 172 valence electrons. The summed E-state index contributed by atoms with van der Waals surface area (Å²) in [7, 11) is 0. The fraction of sp³-hybridized carbons (Fsp3) is 0.250. The molecule has 4 nitrogen and oxygen atoms in total. The van der Waals surface area contributed by atoms with E-state index in [-0.39, 0.29) is 37.6 Å². The largest absolute Gasteiger partial charge is 0.457 e. The number of hydrogen-bond donors (Lipinski definition) is 2. The van der Waals surface area contributed by atoms with Gasteiger partial charge in [-0.15, -0.1) is 0 Å². The molecule has 0 fully saturated rings. The van der Waals surface area contributed by atoms with Gasteiger partial charge in [0.25, 0.3) is 0 Å². The molecule has 0 aliphatic heterocycles. The van der Waals surface area contributed by atoms with Gasteiger partial charge in [0.15, 0.2) is 0 Å². The number of benzene rings is 3. The number of aryl methyl sites for hydroxylation is 1. The quantitative estimate of drug-likeness (QED) is 0.232. The van der Waals surface area contributed by atoms with Gasteiger partial charge in [0, 0.05) is 30.8 Å². The second-order valence-corrected chi connectivity index (χ2v) is 7.92. The van der Waals surface area contributed by atoms with Gasteiger partial charge in [-0.2, -0.15) is 0 Å². The van der Waals surface area contributed by atoms with Crippen molar-refractivity contribution in [3.8, 4) is 22.3 Å². The lowest BCUT2D eigenvalue weighted by Gasteiger charge is -2.10. The molecule has 0 saturated carbocycles. The normalized spacial score (nSPS) is 10.8. The first-order chi connectivity index (χ1) is 16.0. The molecule has 3 rings (SSSR count). The van der Waals surface area contributed by atoms with Gasteiger partial charge in [0.2, 0.25) is 0 Å². The molecule has 0 aliphatic rings. The fourth-order valence-electron chi connectivity index (χ4n) is 3.50. The van der Waals surface area contributed by atoms with E-state index in [1.165, 1.54) is 5.56 Å². The van der Waals surface area contributed by atoms with E-state index in [9.17, 15) is 9.18 Å². The van der Waals surface area contributed by atoms with Gasteiger partial charge in [0.05, 0.1) is 0 Å². The topological polar surface area (TPSA) is 66.8 Å². The monoisotopic (exact) mass is 448 g/mol. The summed E-state index contributed by atoms with van der Waals surface area (Å²) in [5, 5.41) is 17.8. The van der Waals surface area contributed by atoms with Crippen molar-refractivity contribution in [1.82, 2.24) is 0 Å². The summed E-state index contributed by atoms with van der Waals surface area (Å²) in [6.07, 6.45) is 2.84. The summed E-state index contributed by atoms with van der Waals surface area (Å²) >= 11 is 0. The Morgan fingerprint density at radius 3 is 2.09 bits per heavy atom. The van der Waals surface area contributed by atoms with E-state index in [0.29, 0.717) is 5.56 Å². The number of esters is 1. The van der Waals surface area contributed by atoms with Crippen molar-refractivity contribution in [2.45, 2.75) is 32.3 Å². The van der Waals surface area contributed by atoms with Crippen LogP contribution in [0.5, 0.6) is 0 Å². The van der Waals surface area contributed by atoms with Crippen LogP contribution in [0.2, 0.25) is 0 Å². The van der Waals surface area contributed by atoms with Crippen molar-refractivity contribution in [2.24, 2.45) is 0 Å². The minimum atomic E-state index is -0.534. The van der Waals surface area contributed by atoms with Crippen LogP contribution in [0.1, 0.15) is 30.4 Å². The Bertz CT molecular complexity index is 1070. The van der Waals surface area contributed by atoms with Gasteiger partial charge in [0.1, 0.15) is 12.4 Å². The molecule has 0 amide bonds. The SMILES string of the molecule is C=C(CCO)C(=O)OCc1ccc(-c2ccc(-c3ccc(CCCCO)cc3)cc2F)cc1. The van der Waals surface area contributed by atoms with Crippen LogP contribution in [0.3, 0.4) is 0 Å². The smallest absolute Gasteiger partial charge is 0.333 e. The number of carbonyl (C=O) groups is 1. The molecule has 0 aliphatic carbocycles. The Kier molecular flexibility index (Phi) is 8.93. The predicted molar refractivity (Wildman–Crippen MR) is 128 cm³/mol. The summed E-state index contributed by atoms with van der Waals surface area (Å²) in [6, 6.07) is 20.5. The van der Waals surface area contributed by atoms with Crippen LogP contribution in [0.25, 0.3) is 22.3 Å². The van der Waals surface area contributed by atoms with Gasteiger partial charge in [-0.05, 0) is 53.1 Å². The van der Waals surface area contributed by atoms with Crippen molar-refractivity contribution >= 4 is 5.97 Å². The molecule has 3 aromatic rings. The third kappa shape index (κ3) is 6.85. The van der Waals surface area contributed by atoms with Crippen LogP contribution in [0.4, 0.5) is 4.39 Å². The standard InChI is InChI=1S/C28H29FO4/c1-20(15-17-31)28(32)33-19-22-7-11-24(12-8-22)26-14-13-25(18-27(26)29)23-9-5-21(6-10-23)4-2-3-16-30/h5-14,18,30-31H,1-4,15-17,19H2. The number of unbranched alkanes of at least 4 members (excludes halogenated alkanes) is 1. The van der Waals surface area contributed by atoms with Crippen molar-refractivity contribution in [3.05, 3.63) is 95.8 Å². The Morgan fingerprint density at radius 2 is 1.45 bits per heavy atom. The molecule has 0 bridgehead atoms. The lowest BCUT2D eigenvalue weighted by atomic mass is 9.98. The molecule has 5 heteroatoms. The minimum Gasteiger partial charge on any atom is -0.457 e. The zero-order valence-corrected chi connectivity index (χ0v) is 18.6. The lowest BCUT2D eigenvalue weighted by molar-refractivity contribution is -0.140. The van der Waals surface area contributed by atoms with E-state index in [1.54, 1.807) is 36.4 Å². The summed E-state index contributed by atoms with van der Waals surface area (Å²) in [5.74, 6) is -0.841. The Balaban J connectivity index is 1.65. The van der Waals surface area contributed by atoms with Gasteiger partial charge in [-0.25, -0.2) is 9.18 Å². The molecule has 2 N–H and O–H groups in total. The molecule has 0 unspecified atom stereocenters. The van der Waals surface area contributed by atoms with E-state index in [1.807, 2.05) is 30.3 Å². The van der Waals surface area contributed by atoms with Crippen molar-refractivity contribution in [1.29, 1.82) is 0 Å². The lowest BCUT2D eigenvalue weighted by Crippen LogP contribution is -2.08. The molecule has 0 saturated heterocycles.